The fourth-order valence-corrected chi connectivity index (χ4v) is 3.80. The van der Waals surface area contributed by atoms with Gasteiger partial charge >= 0.3 is 5.97 Å². The largest absolute Gasteiger partial charge is 0.508 e. The molecule has 0 fully saturated rings. The van der Waals surface area contributed by atoms with Crippen LogP contribution < -0.4 is 4.74 Å². The minimum absolute atomic E-state index is 0.0237. The number of aromatic hydroxyl groups is 3. The third-order valence-electron chi connectivity index (χ3n) is 5.04. The van der Waals surface area contributed by atoms with Gasteiger partial charge in [0.25, 0.3) is 0 Å². The number of carbonyl (C=O) groups excluding carboxylic acids is 3. The van der Waals surface area contributed by atoms with Crippen molar-refractivity contribution in [3.8, 4) is 23.0 Å². The van der Waals surface area contributed by atoms with Crippen molar-refractivity contribution >= 4 is 17.5 Å². The number of aliphatic hydroxyl groups excluding tert-OH is 1. The Balaban J connectivity index is 1.83. The molecule has 0 saturated carbocycles. The first-order chi connectivity index (χ1) is 13.7. The highest BCUT2D eigenvalue weighted by Crippen LogP contribution is 2.50. The molecule has 0 radical (unpaired) electrons. The monoisotopic (exact) mass is 400 g/mol. The number of carbonyl (C=O) groups is 3. The summed E-state index contributed by atoms with van der Waals surface area (Å²) in [6, 6.07) is 3.22. The number of phenolic OH excluding ortho intramolecular Hbond substituents is 3. The molecular formula is C20H16O9. The predicted molar refractivity (Wildman–Crippen MR) is 95.4 cm³/mol. The fourth-order valence-electron chi connectivity index (χ4n) is 3.80. The van der Waals surface area contributed by atoms with E-state index in [0.717, 1.165) is 12.1 Å². The van der Waals surface area contributed by atoms with Crippen LogP contribution in [0, 0.1) is 0 Å². The lowest BCUT2D eigenvalue weighted by Gasteiger charge is -2.21. The summed E-state index contributed by atoms with van der Waals surface area (Å²) in [6.07, 6.45) is -1.27. The normalized spacial score (nSPS) is 19.2. The van der Waals surface area contributed by atoms with Gasteiger partial charge in [-0.25, -0.2) is 0 Å². The average molecular weight is 400 g/mol. The Morgan fingerprint density at radius 2 is 1.76 bits per heavy atom. The number of benzene rings is 2. The lowest BCUT2D eigenvalue weighted by Crippen LogP contribution is -2.22. The maximum atomic E-state index is 13.0. The number of esters is 1. The van der Waals surface area contributed by atoms with Gasteiger partial charge in [0.15, 0.2) is 5.78 Å². The predicted octanol–water partition coefficient (Wildman–Crippen LogP) is 1.33. The number of ether oxygens (including phenoxy) is 2. The molecule has 2 aromatic rings. The highest BCUT2D eigenvalue weighted by molar-refractivity contribution is 6.30. The molecular weight excluding hydrogens is 384 g/mol. The Labute approximate surface area is 163 Å². The second-order valence-corrected chi connectivity index (χ2v) is 6.85. The zero-order chi connectivity index (χ0) is 21.0. The maximum Gasteiger partial charge on any atom is 0.302 e. The highest BCUT2D eigenvalue weighted by Gasteiger charge is 2.42. The van der Waals surface area contributed by atoms with E-state index in [-0.39, 0.29) is 46.6 Å². The number of phenols is 3. The molecule has 2 atom stereocenters. The van der Waals surface area contributed by atoms with Crippen molar-refractivity contribution in [2.45, 2.75) is 25.6 Å². The summed E-state index contributed by atoms with van der Waals surface area (Å²) in [4.78, 5) is 36.8. The summed E-state index contributed by atoms with van der Waals surface area (Å²) < 4.78 is 10.2. The second kappa shape index (κ2) is 6.49. The van der Waals surface area contributed by atoms with Crippen molar-refractivity contribution in [2.24, 2.45) is 0 Å². The number of fused-ring (bicyclic) bond motifs is 3. The van der Waals surface area contributed by atoms with Gasteiger partial charge in [0.2, 0.25) is 12.1 Å². The minimum atomic E-state index is -1.37. The van der Waals surface area contributed by atoms with E-state index >= 15 is 0 Å². The van der Waals surface area contributed by atoms with E-state index in [4.69, 9.17) is 9.47 Å². The standard InChI is InChI=1S/C20H16O9/c1-7(21)28-3-2-9-15-13(29-20(9)27)6-11-16(19(15)26)18(25)14-10(17(11)24)4-8(22)5-12(14)23/h4-6,9,20,22-23,26-27H,2-3H2,1H3/t9-,20-/m0/s1. The maximum absolute atomic E-state index is 13.0. The fraction of sp³-hybridized carbons (Fsp3) is 0.250. The lowest BCUT2D eigenvalue weighted by atomic mass is 9.80. The topological polar surface area (TPSA) is 151 Å². The first kappa shape index (κ1) is 18.8. The van der Waals surface area contributed by atoms with E-state index in [1.165, 1.54) is 13.0 Å². The van der Waals surface area contributed by atoms with E-state index in [0.29, 0.717) is 0 Å². The third-order valence-corrected chi connectivity index (χ3v) is 5.04. The number of hydrogen-bond donors (Lipinski definition) is 4. The zero-order valence-corrected chi connectivity index (χ0v) is 15.1. The molecule has 9 heteroatoms. The molecule has 0 bridgehead atoms. The first-order valence-corrected chi connectivity index (χ1v) is 8.74. The molecule has 0 amide bonds. The van der Waals surface area contributed by atoms with E-state index in [1.54, 1.807) is 0 Å². The Morgan fingerprint density at radius 1 is 1.07 bits per heavy atom. The summed E-state index contributed by atoms with van der Waals surface area (Å²) in [5, 5.41) is 40.7. The number of rotatable bonds is 3. The quantitative estimate of drug-likeness (QED) is 0.477. The molecule has 29 heavy (non-hydrogen) atoms. The molecule has 2 aromatic carbocycles. The van der Waals surface area contributed by atoms with Crippen molar-refractivity contribution in [3.05, 3.63) is 46.0 Å². The molecule has 0 unspecified atom stereocenters. The van der Waals surface area contributed by atoms with E-state index < -0.39 is 47.0 Å². The van der Waals surface area contributed by atoms with E-state index in [1.807, 2.05) is 0 Å². The van der Waals surface area contributed by atoms with Crippen LogP contribution in [0.5, 0.6) is 23.0 Å². The lowest BCUT2D eigenvalue weighted by molar-refractivity contribution is -0.141. The smallest absolute Gasteiger partial charge is 0.302 e. The van der Waals surface area contributed by atoms with Crippen LogP contribution in [0.3, 0.4) is 0 Å². The van der Waals surface area contributed by atoms with Gasteiger partial charge in [-0.05, 0) is 18.6 Å². The van der Waals surface area contributed by atoms with Crippen LogP contribution >= 0.6 is 0 Å². The molecule has 1 aliphatic carbocycles. The van der Waals surface area contributed by atoms with Crippen LogP contribution in [-0.2, 0) is 9.53 Å². The van der Waals surface area contributed by atoms with Crippen LogP contribution in [0.4, 0.5) is 0 Å². The van der Waals surface area contributed by atoms with Gasteiger partial charge in [-0.2, -0.15) is 0 Å². The van der Waals surface area contributed by atoms with Gasteiger partial charge in [0.1, 0.15) is 23.0 Å². The Hall–Kier alpha value is -3.59. The van der Waals surface area contributed by atoms with Gasteiger partial charge in [-0.3, -0.25) is 14.4 Å². The molecule has 0 saturated heterocycles. The Kier molecular flexibility index (Phi) is 4.20. The van der Waals surface area contributed by atoms with Crippen LogP contribution in [0.25, 0.3) is 0 Å². The first-order valence-electron chi connectivity index (χ1n) is 8.74. The highest BCUT2D eigenvalue weighted by atomic mass is 16.6. The SMILES string of the molecule is CC(=O)OCC[C@H]1c2c(cc3c(c2O)C(=O)c2c(O)cc(O)cc2C3=O)O[C@@H]1O. The minimum Gasteiger partial charge on any atom is -0.508 e. The summed E-state index contributed by atoms with van der Waals surface area (Å²) in [5.41, 5.74) is -0.906. The molecule has 0 aromatic heterocycles. The van der Waals surface area contributed by atoms with Crippen LogP contribution in [-0.4, -0.2) is 50.9 Å². The molecule has 1 heterocycles. The molecule has 9 nitrogen and oxygen atoms in total. The number of ketones is 2. The van der Waals surface area contributed by atoms with Crippen LogP contribution in [0.2, 0.25) is 0 Å². The third kappa shape index (κ3) is 2.78. The van der Waals surface area contributed by atoms with Crippen molar-refractivity contribution < 1.29 is 44.3 Å². The zero-order valence-electron chi connectivity index (χ0n) is 15.1. The van der Waals surface area contributed by atoms with Gasteiger partial charge in [-0.1, -0.05) is 0 Å². The van der Waals surface area contributed by atoms with Gasteiger partial charge < -0.3 is 29.9 Å². The van der Waals surface area contributed by atoms with Gasteiger partial charge in [0.05, 0.1) is 23.7 Å². The van der Waals surface area contributed by atoms with Crippen LogP contribution in [0.1, 0.15) is 56.7 Å². The molecule has 150 valence electrons. The van der Waals surface area contributed by atoms with Crippen LogP contribution in [0.15, 0.2) is 18.2 Å². The second-order valence-electron chi connectivity index (χ2n) is 6.85. The van der Waals surface area contributed by atoms with Crippen molar-refractivity contribution in [1.82, 2.24) is 0 Å². The molecule has 2 aliphatic rings. The average Bonchev–Trinajstić information content (AvgIpc) is 2.94. The van der Waals surface area contributed by atoms with Gasteiger partial charge in [-0.15, -0.1) is 0 Å². The molecule has 1 aliphatic heterocycles. The Bertz CT molecular complexity index is 1090. The summed E-state index contributed by atoms with van der Waals surface area (Å²) in [6.45, 7) is 1.18. The van der Waals surface area contributed by atoms with Crippen molar-refractivity contribution in [3.63, 3.8) is 0 Å². The summed E-state index contributed by atoms with van der Waals surface area (Å²) in [5.74, 6) is -4.31. The van der Waals surface area contributed by atoms with Crippen molar-refractivity contribution in [2.75, 3.05) is 6.61 Å². The number of aliphatic hydroxyl groups is 1. The van der Waals surface area contributed by atoms with E-state index in [9.17, 15) is 34.8 Å². The van der Waals surface area contributed by atoms with Crippen molar-refractivity contribution in [1.29, 1.82) is 0 Å². The van der Waals surface area contributed by atoms with E-state index in [2.05, 4.69) is 0 Å². The molecule has 0 spiro atoms. The number of hydrogen-bond acceptors (Lipinski definition) is 9. The molecule has 4 N–H and O–H groups in total. The summed E-state index contributed by atoms with van der Waals surface area (Å²) >= 11 is 0. The molecule has 4 rings (SSSR count). The Morgan fingerprint density at radius 3 is 2.45 bits per heavy atom. The summed E-state index contributed by atoms with van der Waals surface area (Å²) in [7, 11) is 0. The van der Waals surface area contributed by atoms with Gasteiger partial charge in [0, 0.05) is 29.7 Å².